The highest BCUT2D eigenvalue weighted by Gasteiger charge is 2.26. The van der Waals surface area contributed by atoms with E-state index < -0.39 is 0 Å². The Morgan fingerprint density at radius 2 is 2.30 bits per heavy atom. The first-order valence-corrected chi connectivity index (χ1v) is 8.68. The van der Waals surface area contributed by atoms with Crippen molar-refractivity contribution in [2.75, 3.05) is 13.1 Å². The third-order valence-corrected chi connectivity index (χ3v) is 4.38. The molecule has 0 aromatic carbocycles. The van der Waals surface area contributed by atoms with Gasteiger partial charge in [-0.1, -0.05) is 39.3 Å². The zero-order valence-corrected chi connectivity index (χ0v) is 14.5. The lowest BCUT2D eigenvalue weighted by atomic mass is 10.0. The van der Waals surface area contributed by atoms with E-state index in [0.717, 1.165) is 30.7 Å². The Morgan fingerprint density at radius 1 is 1.48 bits per heavy atom. The highest BCUT2D eigenvalue weighted by molar-refractivity contribution is 5.76. The van der Waals surface area contributed by atoms with Gasteiger partial charge in [-0.05, 0) is 24.0 Å². The Kier molecular flexibility index (Phi) is 6.63. The molecule has 1 amide bonds. The molecule has 1 aromatic heterocycles. The Hall–Kier alpha value is -1.84. The second-order valence-electron chi connectivity index (χ2n) is 6.33. The van der Waals surface area contributed by atoms with Crippen LogP contribution in [0.15, 0.2) is 24.5 Å². The number of amides is 1. The summed E-state index contributed by atoms with van der Waals surface area (Å²) in [5.74, 6) is 1.70. The maximum Gasteiger partial charge on any atom is 0.222 e. The molecule has 0 unspecified atom stereocenters. The summed E-state index contributed by atoms with van der Waals surface area (Å²) in [6, 6.07) is 2.02. The number of ether oxygens (including phenoxy) is 1. The predicted molar refractivity (Wildman–Crippen MR) is 93.2 cm³/mol. The number of carbonyl (C=O) groups excluding carboxylic acids is 1. The van der Waals surface area contributed by atoms with Gasteiger partial charge in [-0.2, -0.15) is 0 Å². The van der Waals surface area contributed by atoms with Crippen molar-refractivity contribution in [1.29, 1.82) is 0 Å². The lowest BCUT2D eigenvalue weighted by Crippen LogP contribution is -2.30. The predicted octanol–water partition coefficient (Wildman–Crippen LogP) is 3.92. The number of pyridine rings is 1. The molecule has 0 saturated carbocycles. The molecule has 0 bridgehead atoms. The molecular formula is C19H28N2O2. The van der Waals surface area contributed by atoms with Crippen molar-refractivity contribution in [3.05, 3.63) is 30.1 Å². The molecule has 1 saturated heterocycles. The first-order valence-electron chi connectivity index (χ1n) is 8.68. The van der Waals surface area contributed by atoms with Crippen LogP contribution in [-0.2, 0) is 4.79 Å². The van der Waals surface area contributed by atoms with Gasteiger partial charge in [0.15, 0.2) is 0 Å². The molecule has 126 valence electrons. The molecule has 1 aromatic rings. The summed E-state index contributed by atoms with van der Waals surface area (Å²) >= 11 is 0. The molecule has 2 rings (SSSR count). The number of hydrogen-bond donors (Lipinski definition) is 0. The molecule has 0 N–H and O–H groups in total. The van der Waals surface area contributed by atoms with Gasteiger partial charge in [-0.25, -0.2) is 0 Å². The fourth-order valence-corrected chi connectivity index (χ4v) is 2.66. The molecule has 2 heterocycles. The average molecular weight is 316 g/mol. The summed E-state index contributed by atoms with van der Waals surface area (Å²) in [5, 5.41) is 0. The fourth-order valence-electron chi connectivity index (χ4n) is 2.66. The third kappa shape index (κ3) is 5.38. The second-order valence-corrected chi connectivity index (χ2v) is 6.33. The van der Waals surface area contributed by atoms with Gasteiger partial charge in [0.2, 0.25) is 5.91 Å². The summed E-state index contributed by atoms with van der Waals surface area (Å²) in [5.41, 5.74) is 1.06. The Bertz CT molecular complexity index is 542. The highest BCUT2D eigenvalue weighted by Crippen LogP contribution is 2.20. The highest BCUT2D eigenvalue weighted by atomic mass is 16.5. The maximum atomic E-state index is 11.7. The van der Waals surface area contributed by atoms with Crippen LogP contribution < -0.4 is 4.74 Å². The topological polar surface area (TPSA) is 42.4 Å². The second kappa shape index (κ2) is 8.70. The Balaban J connectivity index is 1.89. The van der Waals surface area contributed by atoms with E-state index in [0.29, 0.717) is 18.9 Å². The van der Waals surface area contributed by atoms with Gasteiger partial charge >= 0.3 is 0 Å². The quantitative estimate of drug-likeness (QED) is 0.765. The molecular weight excluding hydrogens is 288 g/mol. The number of allylic oxidation sites excluding steroid dienone is 1. The van der Waals surface area contributed by atoms with Crippen molar-refractivity contribution in [2.45, 2.75) is 52.6 Å². The van der Waals surface area contributed by atoms with Crippen LogP contribution in [-0.4, -0.2) is 35.0 Å². The van der Waals surface area contributed by atoms with Crippen molar-refractivity contribution >= 4 is 12.0 Å². The monoisotopic (exact) mass is 316 g/mol. The number of hydrogen-bond acceptors (Lipinski definition) is 3. The number of carbonyl (C=O) groups is 1. The standard InChI is InChI=1S/C19H28N2O2/c1-4-15(3)7-6-8-16-11-18(13-20-12-16)23-17-9-10-21(14-17)19(22)5-2/h6,8,11-13,15,17H,4-5,7,9-10,14H2,1-3H3/b8-6+/t15-,17-/m1/s1. The molecule has 0 radical (unpaired) electrons. The van der Waals surface area contributed by atoms with Crippen LogP contribution in [0.3, 0.4) is 0 Å². The lowest BCUT2D eigenvalue weighted by Gasteiger charge is -2.16. The average Bonchev–Trinajstić information content (AvgIpc) is 3.02. The van der Waals surface area contributed by atoms with E-state index in [9.17, 15) is 4.79 Å². The minimum absolute atomic E-state index is 0.0756. The van der Waals surface area contributed by atoms with Crippen molar-refractivity contribution in [3.63, 3.8) is 0 Å². The van der Waals surface area contributed by atoms with E-state index in [1.165, 1.54) is 6.42 Å². The molecule has 4 heteroatoms. The molecule has 0 spiro atoms. The van der Waals surface area contributed by atoms with E-state index in [-0.39, 0.29) is 12.0 Å². The van der Waals surface area contributed by atoms with Gasteiger partial charge in [0, 0.05) is 25.6 Å². The van der Waals surface area contributed by atoms with Gasteiger partial charge in [0.1, 0.15) is 11.9 Å². The summed E-state index contributed by atoms with van der Waals surface area (Å²) in [6.45, 7) is 7.84. The third-order valence-electron chi connectivity index (χ3n) is 4.38. The molecule has 4 nitrogen and oxygen atoms in total. The summed E-state index contributed by atoms with van der Waals surface area (Å²) in [7, 11) is 0. The minimum Gasteiger partial charge on any atom is -0.487 e. The maximum absolute atomic E-state index is 11.7. The fraction of sp³-hybridized carbons (Fsp3) is 0.579. The van der Waals surface area contributed by atoms with Crippen molar-refractivity contribution < 1.29 is 9.53 Å². The normalized spacial score (nSPS) is 19.3. The van der Waals surface area contributed by atoms with E-state index in [1.54, 1.807) is 6.20 Å². The van der Waals surface area contributed by atoms with Crippen LogP contribution in [0.2, 0.25) is 0 Å². The van der Waals surface area contributed by atoms with Gasteiger partial charge in [-0.3, -0.25) is 9.78 Å². The Morgan fingerprint density at radius 3 is 3.04 bits per heavy atom. The number of rotatable bonds is 7. The van der Waals surface area contributed by atoms with Gasteiger partial charge in [0.25, 0.3) is 0 Å². The largest absolute Gasteiger partial charge is 0.487 e. The van der Waals surface area contributed by atoms with Gasteiger partial charge < -0.3 is 9.64 Å². The van der Waals surface area contributed by atoms with Crippen LogP contribution in [0, 0.1) is 5.92 Å². The van der Waals surface area contributed by atoms with Crippen LogP contribution in [0.5, 0.6) is 5.75 Å². The lowest BCUT2D eigenvalue weighted by molar-refractivity contribution is -0.130. The van der Waals surface area contributed by atoms with Crippen molar-refractivity contribution in [2.24, 2.45) is 5.92 Å². The van der Waals surface area contributed by atoms with Crippen LogP contribution in [0.1, 0.15) is 52.0 Å². The smallest absolute Gasteiger partial charge is 0.222 e. The molecule has 1 aliphatic rings. The molecule has 23 heavy (non-hydrogen) atoms. The van der Waals surface area contributed by atoms with Crippen molar-refractivity contribution in [1.82, 2.24) is 9.88 Å². The number of likely N-dealkylation sites (tertiary alicyclic amines) is 1. The van der Waals surface area contributed by atoms with Crippen molar-refractivity contribution in [3.8, 4) is 5.75 Å². The molecule has 0 aliphatic carbocycles. The molecule has 1 fully saturated rings. The first-order chi connectivity index (χ1) is 11.1. The van der Waals surface area contributed by atoms with Crippen LogP contribution >= 0.6 is 0 Å². The van der Waals surface area contributed by atoms with E-state index in [1.807, 2.05) is 24.1 Å². The number of nitrogens with zero attached hydrogens (tertiary/aromatic N) is 2. The summed E-state index contributed by atoms with van der Waals surface area (Å²) in [6.07, 6.45) is 11.7. The van der Waals surface area contributed by atoms with Crippen LogP contribution in [0.25, 0.3) is 6.08 Å². The molecule has 1 aliphatic heterocycles. The van der Waals surface area contributed by atoms with Gasteiger partial charge in [0.05, 0.1) is 12.7 Å². The van der Waals surface area contributed by atoms with E-state index in [2.05, 4.69) is 31.0 Å². The van der Waals surface area contributed by atoms with E-state index in [4.69, 9.17) is 4.74 Å². The zero-order valence-electron chi connectivity index (χ0n) is 14.5. The summed E-state index contributed by atoms with van der Waals surface area (Å²) in [4.78, 5) is 17.9. The summed E-state index contributed by atoms with van der Waals surface area (Å²) < 4.78 is 6.00. The Labute approximate surface area is 139 Å². The van der Waals surface area contributed by atoms with Crippen LogP contribution in [0.4, 0.5) is 0 Å². The van der Waals surface area contributed by atoms with E-state index >= 15 is 0 Å². The number of aromatic nitrogens is 1. The minimum atomic E-state index is 0.0756. The van der Waals surface area contributed by atoms with Gasteiger partial charge in [-0.15, -0.1) is 0 Å². The SMILES string of the molecule is CCC(=O)N1CC[C@@H](Oc2cncc(/C=C/C[C@H](C)CC)c2)C1. The molecule has 2 atom stereocenters. The first kappa shape index (κ1) is 17.5. The zero-order chi connectivity index (χ0) is 16.7.